The molecule has 3 nitrogen and oxygen atoms in total. The number of benzene rings is 2. The Hall–Kier alpha value is -2.29. The Morgan fingerprint density at radius 2 is 2.05 bits per heavy atom. The number of anilines is 1. The molecule has 2 aromatic carbocycles. The van der Waals surface area contributed by atoms with Crippen LogP contribution in [-0.2, 0) is 6.42 Å². The van der Waals surface area contributed by atoms with Crippen molar-refractivity contribution in [3.05, 3.63) is 48.0 Å². The Labute approximate surface area is 111 Å². The second-order valence-corrected chi connectivity index (χ2v) is 5.12. The van der Waals surface area contributed by atoms with Crippen LogP contribution in [0.15, 0.2) is 42.5 Å². The molecule has 1 aliphatic heterocycles. The van der Waals surface area contributed by atoms with Crippen molar-refractivity contribution >= 4 is 16.7 Å². The molecule has 3 heteroatoms. The number of rotatable bonds is 1. The largest absolute Gasteiger partial charge is 0.374 e. The molecule has 0 amide bonds. The molecule has 0 unspecified atom stereocenters. The summed E-state index contributed by atoms with van der Waals surface area (Å²) >= 11 is 0. The van der Waals surface area contributed by atoms with Gasteiger partial charge in [-0.2, -0.15) is 0 Å². The summed E-state index contributed by atoms with van der Waals surface area (Å²) in [7, 11) is 2.15. The van der Waals surface area contributed by atoms with Crippen molar-refractivity contribution < 1.29 is 0 Å². The van der Waals surface area contributed by atoms with Crippen LogP contribution in [-0.4, -0.2) is 23.6 Å². The first kappa shape index (κ1) is 10.6. The predicted molar refractivity (Wildman–Crippen MR) is 78.5 cm³/mol. The van der Waals surface area contributed by atoms with Gasteiger partial charge >= 0.3 is 0 Å². The molecule has 1 N–H and O–H groups in total. The van der Waals surface area contributed by atoms with E-state index in [-0.39, 0.29) is 0 Å². The molecule has 0 radical (unpaired) electrons. The SMILES string of the molecule is CN1CCc2cc(-c3nc4ccccc4[nH]3)ccc21. The monoisotopic (exact) mass is 249 g/mol. The number of nitrogens with zero attached hydrogens (tertiary/aromatic N) is 2. The molecule has 2 heterocycles. The molecular weight excluding hydrogens is 234 g/mol. The van der Waals surface area contributed by atoms with Crippen molar-refractivity contribution in [2.45, 2.75) is 6.42 Å². The fourth-order valence-corrected chi connectivity index (χ4v) is 2.80. The summed E-state index contributed by atoms with van der Waals surface area (Å²) < 4.78 is 0. The van der Waals surface area contributed by atoms with Crippen molar-refractivity contribution in [1.29, 1.82) is 0 Å². The first-order valence-electron chi connectivity index (χ1n) is 6.60. The van der Waals surface area contributed by atoms with Crippen molar-refractivity contribution in [1.82, 2.24) is 9.97 Å². The number of likely N-dealkylation sites (N-methyl/N-ethyl adjacent to an activating group) is 1. The fourth-order valence-electron chi connectivity index (χ4n) is 2.80. The Bertz CT molecular complexity index is 725. The van der Waals surface area contributed by atoms with Gasteiger partial charge in [0.1, 0.15) is 5.82 Å². The number of hydrogen-bond donors (Lipinski definition) is 1. The molecule has 0 aliphatic carbocycles. The van der Waals surface area contributed by atoms with E-state index in [1.807, 2.05) is 18.2 Å². The van der Waals surface area contributed by atoms with Crippen LogP contribution in [0.4, 0.5) is 5.69 Å². The third-order valence-corrected chi connectivity index (χ3v) is 3.87. The van der Waals surface area contributed by atoms with Gasteiger partial charge in [0.15, 0.2) is 0 Å². The highest BCUT2D eigenvalue weighted by Crippen LogP contribution is 2.31. The van der Waals surface area contributed by atoms with E-state index >= 15 is 0 Å². The predicted octanol–water partition coefficient (Wildman–Crippen LogP) is 3.22. The number of fused-ring (bicyclic) bond motifs is 2. The van der Waals surface area contributed by atoms with E-state index in [0.29, 0.717) is 0 Å². The summed E-state index contributed by atoms with van der Waals surface area (Å²) in [5, 5.41) is 0. The van der Waals surface area contributed by atoms with Gasteiger partial charge in [-0.15, -0.1) is 0 Å². The zero-order valence-electron chi connectivity index (χ0n) is 10.9. The van der Waals surface area contributed by atoms with Crippen LogP contribution in [0.5, 0.6) is 0 Å². The lowest BCUT2D eigenvalue weighted by atomic mass is 10.1. The van der Waals surface area contributed by atoms with Gasteiger partial charge in [-0.1, -0.05) is 12.1 Å². The summed E-state index contributed by atoms with van der Waals surface area (Å²) in [6, 6.07) is 14.8. The van der Waals surface area contributed by atoms with Gasteiger partial charge in [-0.05, 0) is 42.3 Å². The second kappa shape index (κ2) is 3.85. The standard InChI is InChI=1S/C16H15N3/c1-19-9-8-11-10-12(6-7-15(11)19)16-17-13-4-2-3-5-14(13)18-16/h2-7,10H,8-9H2,1H3,(H,17,18). The van der Waals surface area contributed by atoms with Gasteiger partial charge in [0.05, 0.1) is 11.0 Å². The van der Waals surface area contributed by atoms with Gasteiger partial charge in [-0.3, -0.25) is 0 Å². The van der Waals surface area contributed by atoms with Gasteiger partial charge < -0.3 is 9.88 Å². The highest BCUT2D eigenvalue weighted by Gasteiger charge is 2.16. The summed E-state index contributed by atoms with van der Waals surface area (Å²) in [6.07, 6.45) is 1.12. The molecule has 19 heavy (non-hydrogen) atoms. The summed E-state index contributed by atoms with van der Waals surface area (Å²) in [5.41, 5.74) is 6.05. The van der Waals surface area contributed by atoms with E-state index in [1.54, 1.807) is 0 Å². The number of aromatic amines is 1. The molecule has 0 spiro atoms. The molecule has 0 saturated carbocycles. The number of hydrogen-bond acceptors (Lipinski definition) is 2. The highest BCUT2D eigenvalue weighted by atomic mass is 15.1. The Kier molecular flexibility index (Phi) is 2.15. The first-order valence-corrected chi connectivity index (χ1v) is 6.60. The number of aromatic nitrogens is 2. The topological polar surface area (TPSA) is 31.9 Å². The average molecular weight is 249 g/mol. The maximum Gasteiger partial charge on any atom is 0.138 e. The minimum absolute atomic E-state index is 0.957. The number of H-pyrrole nitrogens is 1. The van der Waals surface area contributed by atoms with Crippen LogP contribution in [0.3, 0.4) is 0 Å². The molecule has 1 aromatic heterocycles. The van der Waals surface area contributed by atoms with Crippen LogP contribution < -0.4 is 4.90 Å². The second-order valence-electron chi connectivity index (χ2n) is 5.12. The van der Waals surface area contributed by atoms with Gasteiger partial charge in [0.25, 0.3) is 0 Å². The molecule has 1 aliphatic rings. The molecule has 3 aromatic rings. The van der Waals surface area contributed by atoms with E-state index in [1.165, 1.54) is 16.8 Å². The Morgan fingerprint density at radius 3 is 2.95 bits per heavy atom. The molecular formula is C16H15N3. The quantitative estimate of drug-likeness (QED) is 0.718. The van der Waals surface area contributed by atoms with Crippen LogP contribution in [0, 0.1) is 0 Å². The Balaban J connectivity index is 1.84. The molecule has 94 valence electrons. The van der Waals surface area contributed by atoms with Crippen LogP contribution in [0.2, 0.25) is 0 Å². The minimum Gasteiger partial charge on any atom is -0.374 e. The van der Waals surface area contributed by atoms with Crippen molar-refractivity contribution in [2.24, 2.45) is 0 Å². The number of imidazole rings is 1. The maximum atomic E-state index is 4.66. The molecule has 0 bridgehead atoms. The highest BCUT2D eigenvalue weighted by molar-refractivity contribution is 5.80. The minimum atomic E-state index is 0.957. The van der Waals surface area contributed by atoms with E-state index < -0.39 is 0 Å². The van der Waals surface area contributed by atoms with Crippen LogP contribution in [0.25, 0.3) is 22.4 Å². The molecule has 4 rings (SSSR count). The molecule has 0 saturated heterocycles. The summed E-state index contributed by atoms with van der Waals surface area (Å²) in [5.74, 6) is 0.957. The Morgan fingerprint density at radius 1 is 1.16 bits per heavy atom. The zero-order chi connectivity index (χ0) is 12.8. The van der Waals surface area contributed by atoms with E-state index in [9.17, 15) is 0 Å². The van der Waals surface area contributed by atoms with Crippen molar-refractivity contribution in [3.63, 3.8) is 0 Å². The zero-order valence-corrected chi connectivity index (χ0v) is 10.9. The van der Waals surface area contributed by atoms with Gasteiger partial charge in [0.2, 0.25) is 0 Å². The number of nitrogens with one attached hydrogen (secondary N) is 1. The lowest BCUT2D eigenvalue weighted by molar-refractivity contribution is 0.956. The summed E-state index contributed by atoms with van der Waals surface area (Å²) in [6.45, 7) is 1.11. The average Bonchev–Trinajstić information content (AvgIpc) is 3.02. The lowest BCUT2D eigenvalue weighted by Crippen LogP contribution is -2.12. The van der Waals surface area contributed by atoms with Crippen molar-refractivity contribution in [2.75, 3.05) is 18.5 Å². The van der Waals surface area contributed by atoms with Crippen molar-refractivity contribution in [3.8, 4) is 11.4 Å². The lowest BCUT2D eigenvalue weighted by Gasteiger charge is -2.11. The first-order chi connectivity index (χ1) is 9.31. The summed E-state index contributed by atoms with van der Waals surface area (Å²) in [4.78, 5) is 10.4. The smallest absolute Gasteiger partial charge is 0.138 e. The van der Waals surface area contributed by atoms with E-state index in [0.717, 1.165) is 29.8 Å². The maximum absolute atomic E-state index is 4.66. The fraction of sp³-hybridized carbons (Fsp3) is 0.188. The van der Waals surface area contributed by atoms with E-state index in [2.05, 4.69) is 46.2 Å². The van der Waals surface area contributed by atoms with Gasteiger partial charge in [0, 0.05) is 24.8 Å². The normalized spacial score (nSPS) is 14.1. The molecule has 0 atom stereocenters. The third-order valence-electron chi connectivity index (χ3n) is 3.87. The van der Waals surface area contributed by atoms with Crippen LogP contribution >= 0.6 is 0 Å². The third kappa shape index (κ3) is 1.62. The van der Waals surface area contributed by atoms with Crippen LogP contribution in [0.1, 0.15) is 5.56 Å². The molecule has 0 fully saturated rings. The number of para-hydroxylation sites is 2. The van der Waals surface area contributed by atoms with E-state index in [4.69, 9.17) is 0 Å². The van der Waals surface area contributed by atoms with Gasteiger partial charge in [-0.25, -0.2) is 4.98 Å².